The number of thioether (sulfide) groups is 1. The smallest absolute Gasteiger partial charge is 0.0444 e. The van der Waals surface area contributed by atoms with E-state index in [1.807, 2.05) is 11.8 Å². The lowest BCUT2D eigenvalue weighted by Gasteiger charge is -2.26. The average Bonchev–Trinajstić information content (AvgIpc) is 2.68. The number of hydrogen-bond donors (Lipinski definition) is 1. The molecule has 0 heterocycles. The number of hydrogen-bond acceptors (Lipinski definition) is 2. The molecule has 1 N–H and O–H groups in total. The highest BCUT2D eigenvalue weighted by Crippen LogP contribution is 2.41. The van der Waals surface area contributed by atoms with E-state index in [1.165, 1.54) is 39.8 Å². The Morgan fingerprint density at radius 3 is 2.67 bits per heavy atom. The van der Waals surface area contributed by atoms with Crippen LogP contribution in [0.1, 0.15) is 30.0 Å². The highest BCUT2D eigenvalue weighted by molar-refractivity contribution is 9.10. The maximum Gasteiger partial charge on any atom is 0.0444 e. The third-order valence-corrected chi connectivity index (χ3v) is 6.50. The summed E-state index contributed by atoms with van der Waals surface area (Å²) in [7, 11) is 2.08. The van der Waals surface area contributed by atoms with Gasteiger partial charge in [0.05, 0.1) is 0 Å². The van der Waals surface area contributed by atoms with Crippen LogP contribution in [-0.2, 0) is 6.42 Å². The standard InChI is InChI=1S/C18H20BrNS/c1-20-18-14-9-3-2-7-13(14)8-6-12-17(18)21-16-11-5-4-10-15(16)19/h2-5,7,9-11,17-18,20H,6,8,12H2,1H3. The fourth-order valence-corrected chi connectivity index (χ4v) is 5.03. The van der Waals surface area contributed by atoms with Crippen LogP contribution in [0.15, 0.2) is 57.9 Å². The van der Waals surface area contributed by atoms with E-state index in [0.717, 1.165) is 0 Å². The number of rotatable bonds is 3. The summed E-state index contributed by atoms with van der Waals surface area (Å²) >= 11 is 5.67. The zero-order valence-corrected chi connectivity index (χ0v) is 14.6. The van der Waals surface area contributed by atoms with Crippen LogP contribution in [-0.4, -0.2) is 12.3 Å². The van der Waals surface area contributed by atoms with Gasteiger partial charge in [-0.25, -0.2) is 0 Å². The van der Waals surface area contributed by atoms with Crippen molar-refractivity contribution in [2.24, 2.45) is 0 Å². The molecular formula is C18H20BrNS. The lowest BCUT2D eigenvalue weighted by atomic mass is 9.99. The zero-order chi connectivity index (χ0) is 14.7. The van der Waals surface area contributed by atoms with Gasteiger partial charge in [-0.2, -0.15) is 0 Å². The van der Waals surface area contributed by atoms with E-state index < -0.39 is 0 Å². The van der Waals surface area contributed by atoms with Crippen LogP contribution in [0.25, 0.3) is 0 Å². The molecule has 1 aliphatic rings. The summed E-state index contributed by atoms with van der Waals surface area (Å²) < 4.78 is 1.20. The van der Waals surface area contributed by atoms with Crippen LogP contribution >= 0.6 is 27.7 Å². The second-order valence-electron chi connectivity index (χ2n) is 5.44. The number of halogens is 1. The van der Waals surface area contributed by atoms with Crippen molar-refractivity contribution in [1.29, 1.82) is 0 Å². The van der Waals surface area contributed by atoms with Gasteiger partial charge in [-0.1, -0.05) is 36.4 Å². The Labute approximate surface area is 139 Å². The van der Waals surface area contributed by atoms with Gasteiger partial charge in [0.15, 0.2) is 0 Å². The topological polar surface area (TPSA) is 12.0 Å². The van der Waals surface area contributed by atoms with E-state index in [0.29, 0.717) is 11.3 Å². The first-order valence-electron chi connectivity index (χ1n) is 7.46. The Kier molecular flexibility index (Phi) is 5.04. The predicted octanol–water partition coefficient (Wildman–Crippen LogP) is 5.21. The summed E-state index contributed by atoms with van der Waals surface area (Å²) in [5.41, 5.74) is 2.98. The third kappa shape index (κ3) is 3.36. The van der Waals surface area contributed by atoms with Gasteiger partial charge in [0.2, 0.25) is 0 Å². The number of aryl methyl sites for hydroxylation is 1. The molecule has 2 unspecified atom stereocenters. The van der Waals surface area contributed by atoms with Crippen LogP contribution in [0.3, 0.4) is 0 Å². The molecule has 1 nitrogen and oxygen atoms in total. The SMILES string of the molecule is CNC1c2ccccc2CCCC1Sc1ccccc1Br. The Balaban J connectivity index is 1.90. The Hall–Kier alpha value is -0.770. The molecule has 0 spiro atoms. The molecule has 2 aromatic carbocycles. The van der Waals surface area contributed by atoms with Crippen LogP contribution < -0.4 is 5.32 Å². The third-order valence-electron chi connectivity index (χ3n) is 4.12. The Morgan fingerprint density at radius 1 is 1.10 bits per heavy atom. The van der Waals surface area contributed by atoms with Gasteiger partial charge >= 0.3 is 0 Å². The lowest BCUT2D eigenvalue weighted by Crippen LogP contribution is -2.27. The van der Waals surface area contributed by atoms with E-state index >= 15 is 0 Å². The number of benzene rings is 2. The predicted molar refractivity (Wildman–Crippen MR) is 95.0 cm³/mol. The highest BCUT2D eigenvalue weighted by atomic mass is 79.9. The van der Waals surface area contributed by atoms with Crippen molar-refractivity contribution in [3.05, 3.63) is 64.1 Å². The van der Waals surface area contributed by atoms with E-state index in [-0.39, 0.29) is 0 Å². The van der Waals surface area contributed by atoms with Crippen LogP contribution in [0.2, 0.25) is 0 Å². The second kappa shape index (κ2) is 6.99. The average molecular weight is 362 g/mol. The van der Waals surface area contributed by atoms with Gasteiger partial charge in [-0.3, -0.25) is 0 Å². The minimum Gasteiger partial charge on any atom is -0.312 e. The summed E-state index contributed by atoms with van der Waals surface area (Å²) in [6.45, 7) is 0. The van der Waals surface area contributed by atoms with Gasteiger partial charge in [0.1, 0.15) is 0 Å². The summed E-state index contributed by atoms with van der Waals surface area (Å²) in [4.78, 5) is 1.34. The second-order valence-corrected chi connectivity index (χ2v) is 7.58. The Morgan fingerprint density at radius 2 is 1.86 bits per heavy atom. The fraction of sp³-hybridized carbons (Fsp3) is 0.333. The Bertz CT molecular complexity index is 614. The zero-order valence-electron chi connectivity index (χ0n) is 12.2. The van der Waals surface area contributed by atoms with E-state index in [2.05, 4.69) is 76.8 Å². The largest absolute Gasteiger partial charge is 0.312 e. The van der Waals surface area contributed by atoms with Gasteiger partial charge < -0.3 is 5.32 Å². The molecule has 3 heteroatoms. The minimum atomic E-state index is 0.417. The first kappa shape index (κ1) is 15.1. The molecule has 0 saturated heterocycles. The lowest BCUT2D eigenvalue weighted by molar-refractivity contribution is 0.548. The fourth-order valence-electron chi connectivity index (χ4n) is 3.10. The molecule has 21 heavy (non-hydrogen) atoms. The molecule has 0 fully saturated rings. The van der Waals surface area contributed by atoms with Crippen LogP contribution in [0.4, 0.5) is 0 Å². The minimum absolute atomic E-state index is 0.417. The van der Waals surface area contributed by atoms with Crippen molar-refractivity contribution >= 4 is 27.7 Å². The number of nitrogens with one attached hydrogen (secondary N) is 1. The van der Waals surface area contributed by atoms with Crippen molar-refractivity contribution in [3.8, 4) is 0 Å². The summed E-state index contributed by atoms with van der Waals surface area (Å²) in [6.07, 6.45) is 3.70. The van der Waals surface area contributed by atoms with Crippen molar-refractivity contribution in [1.82, 2.24) is 5.32 Å². The molecule has 3 rings (SSSR count). The summed E-state index contributed by atoms with van der Waals surface area (Å²) in [5, 5.41) is 4.12. The van der Waals surface area contributed by atoms with Crippen molar-refractivity contribution in [3.63, 3.8) is 0 Å². The normalized spacial score (nSPS) is 21.6. The molecule has 0 radical (unpaired) electrons. The molecule has 1 aliphatic carbocycles. The highest BCUT2D eigenvalue weighted by Gasteiger charge is 2.27. The summed E-state index contributed by atoms with van der Waals surface area (Å²) in [5.74, 6) is 0. The van der Waals surface area contributed by atoms with E-state index in [9.17, 15) is 0 Å². The monoisotopic (exact) mass is 361 g/mol. The molecule has 0 bridgehead atoms. The van der Waals surface area contributed by atoms with Crippen molar-refractivity contribution < 1.29 is 0 Å². The van der Waals surface area contributed by atoms with Gasteiger partial charge in [-0.15, -0.1) is 11.8 Å². The van der Waals surface area contributed by atoms with Crippen LogP contribution in [0.5, 0.6) is 0 Å². The van der Waals surface area contributed by atoms with Crippen LogP contribution in [0, 0.1) is 0 Å². The quantitative estimate of drug-likeness (QED) is 0.753. The maximum atomic E-state index is 3.67. The molecule has 2 aromatic rings. The molecule has 2 atom stereocenters. The molecule has 0 aromatic heterocycles. The van der Waals surface area contributed by atoms with E-state index in [4.69, 9.17) is 0 Å². The van der Waals surface area contributed by atoms with Crippen molar-refractivity contribution in [2.45, 2.75) is 35.4 Å². The van der Waals surface area contributed by atoms with Gasteiger partial charge in [0.25, 0.3) is 0 Å². The molecule has 110 valence electrons. The first-order valence-corrected chi connectivity index (χ1v) is 9.13. The van der Waals surface area contributed by atoms with Gasteiger partial charge in [-0.05, 0) is 65.5 Å². The molecular weight excluding hydrogens is 342 g/mol. The molecule has 0 saturated carbocycles. The van der Waals surface area contributed by atoms with Crippen molar-refractivity contribution in [2.75, 3.05) is 7.05 Å². The van der Waals surface area contributed by atoms with Gasteiger partial charge in [0, 0.05) is 20.7 Å². The molecule has 0 aliphatic heterocycles. The first-order chi connectivity index (χ1) is 10.3. The van der Waals surface area contributed by atoms with E-state index in [1.54, 1.807) is 0 Å². The summed E-state index contributed by atoms with van der Waals surface area (Å²) in [6, 6.07) is 17.8. The molecule has 0 amide bonds. The maximum absolute atomic E-state index is 3.67. The number of fused-ring (bicyclic) bond motifs is 1.